The SMILES string of the molecule is Cc1cccc(NC(=O)NC2C(=O)N(CC(=O)c3ccccc3C)c3ccccc3N(CC(=O)c3ccccc3C)C2=O)c1. The zero-order chi connectivity index (χ0) is 31.4. The van der Waals surface area contributed by atoms with Gasteiger partial charge < -0.3 is 20.4 Å². The third kappa shape index (κ3) is 6.27. The van der Waals surface area contributed by atoms with Gasteiger partial charge in [0.15, 0.2) is 17.6 Å². The van der Waals surface area contributed by atoms with E-state index in [0.29, 0.717) is 16.8 Å². The van der Waals surface area contributed by atoms with Crippen LogP contribution in [-0.4, -0.2) is 48.5 Å². The maximum Gasteiger partial charge on any atom is 0.320 e. The molecule has 0 bridgehead atoms. The predicted octanol–water partition coefficient (Wildman–Crippen LogP) is 5.25. The molecule has 0 saturated carbocycles. The molecule has 4 amide bonds. The van der Waals surface area contributed by atoms with Crippen LogP contribution in [-0.2, 0) is 9.59 Å². The summed E-state index contributed by atoms with van der Waals surface area (Å²) in [7, 11) is 0. The van der Waals surface area contributed by atoms with Crippen LogP contribution in [0.15, 0.2) is 97.1 Å². The summed E-state index contributed by atoms with van der Waals surface area (Å²) in [6, 6.07) is 25.2. The van der Waals surface area contributed by atoms with Crippen molar-refractivity contribution in [1.29, 1.82) is 0 Å². The molecule has 2 N–H and O–H groups in total. The molecule has 0 aromatic heterocycles. The zero-order valence-electron chi connectivity index (χ0n) is 24.7. The van der Waals surface area contributed by atoms with Gasteiger partial charge in [-0.05, 0) is 61.7 Å². The van der Waals surface area contributed by atoms with E-state index in [1.165, 1.54) is 9.80 Å². The van der Waals surface area contributed by atoms with E-state index in [1.807, 2.05) is 25.1 Å². The lowest BCUT2D eigenvalue weighted by Crippen LogP contribution is -2.57. The number of para-hydroxylation sites is 2. The molecule has 222 valence electrons. The van der Waals surface area contributed by atoms with Crippen LogP contribution < -0.4 is 20.4 Å². The number of urea groups is 1. The Morgan fingerprint density at radius 3 is 1.59 bits per heavy atom. The lowest BCUT2D eigenvalue weighted by Gasteiger charge is -2.25. The second-order valence-electron chi connectivity index (χ2n) is 10.7. The third-order valence-electron chi connectivity index (χ3n) is 7.54. The van der Waals surface area contributed by atoms with Crippen LogP contribution in [0, 0.1) is 20.8 Å². The van der Waals surface area contributed by atoms with Crippen molar-refractivity contribution < 1.29 is 24.0 Å². The Kier molecular flexibility index (Phi) is 8.66. The Morgan fingerprint density at radius 1 is 0.636 bits per heavy atom. The Bertz CT molecular complexity index is 1680. The van der Waals surface area contributed by atoms with Crippen molar-refractivity contribution in [3.63, 3.8) is 0 Å². The number of Topliss-reactive ketones (excluding diaryl/α,β-unsaturated/α-hetero) is 2. The zero-order valence-corrected chi connectivity index (χ0v) is 24.7. The highest BCUT2D eigenvalue weighted by atomic mass is 16.2. The summed E-state index contributed by atoms with van der Waals surface area (Å²) in [4.78, 5) is 70.9. The number of rotatable bonds is 8. The van der Waals surface area contributed by atoms with Gasteiger partial charge in [0.05, 0.1) is 24.5 Å². The molecule has 1 aliphatic heterocycles. The van der Waals surface area contributed by atoms with Gasteiger partial charge >= 0.3 is 6.03 Å². The summed E-state index contributed by atoms with van der Waals surface area (Å²) in [6.45, 7) is 4.70. The van der Waals surface area contributed by atoms with Crippen molar-refractivity contribution >= 4 is 46.5 Å². The van der Waals surface area contributed by atoms with Crippen LogP contribution in [0.4, 0.5) is 21.9 Å². The Morgan fingerprint density at radius 2 is 1.11 bits per heavy atom. The quantitative estimate of drug-likeness (QED) is 0.216. The van der Waals surface area contributed by atoms with E-state index in [9.17, 15) is 24.0 Å². The number of amides is 4. The molecule has 4 aromatic carbocycles. The fourth-order valence-corrected chi connectivity index (χ4v) is 5.28. The average molecular weight is 589 g/mol. The molecule has 0 radical (unpaired) electrons. The van der Waals surface area contributed by atoms with Crippen molar-refractivity contribution in [1.82, 2.24) is 5.32 Å². The molecule has 0 unspecified atom stereocenters. The van der Waals surface area contributed by atoms with E-state index in [-0.39, 0.29) is 36.0 Å². The first-order valence-corrected chi connectivity index (χ1v) is 14.2. The minimum Gasteiger partial charge on any atom is -0.318 e. The van der Waals surface area contributed by atoms with E-state index in [0.717, 1.165) is 16.7 Å². The number of nitrogens with one attached hydrogen (secondary N) is 2. The number of nitrogens with zero attached hydrogens (tertiary/aromatic N) is 2. The highest BCUT2D eigenvalue weighted by Crippen LogP contribution is 2.34. The van der Waals surface area contributed by atoms with Gasteiger partial charge in [-0.25, -0.2) is 4.79 Å². The summed E-state index contributed by atoms with van der Waals surface area (Å²) >= 11 is 0. The minimum absolute atomic E-state index is 0.272. The largest absolute Gasteiger partial charge is 0.320 e. The monoisotopic (exact) mass is 588 g/mol. The van der Waals surface area contributed by atoms with Gasteiger partial charge in [-0.15, -0.1) is 0 Å². The standard InChI is InChI=1S/C35H32N4O5/c1-22-11-10-14-25(19-22)36-35(44)37-32-33(42)38(20-30(40)26-15-6-4-12-23(26)2)28-17-8-9-18-29(28)39(34(32)43)21-31(41)27-16-7-5-13-24(27)3/h4-19,32H,20-21H2,1-3H3,(H2,36,37,44). The van der Waals surface area contributed by atoms with Gasteiger partial charge in [0.2, 0.25) is 0 Å². The van der Waals surface area contributed by atoms with Gasteiger partial charge in [0, 0.05) is 16.8 Å². The molecule has 44 heavy (non-hydrogen) atoms. The summed E-state index contributed by atoms with van der Waals surface area (Å²) in [6.07, 6.45) is 0. The van der Waals surface area contributed by atoms with Gasteiger partial charge in [0.25, 0.3) is 11.8 Å². The van der Waals surface area contributed by atoms with Crippen LogP contribution >= 0.6 is 0 Å². The Balaban J connectivity index is 1.54. The van der Waals surface area contributed by atoms with Gasteiger partial charge in [-0.2, -0.15) is 0 Å². The summed E-state index contributed by atoms with van der Waals surface area (Å²) in [5, 5.41) is 5.18. The van der Waals surface area contributed by atoms with Crippen molar-refractivity contribution in [2.75, 3.05) is 28.2 Å². The van der Waals surface area contributed by atoms with E-state index in [2.05, 4.69) is 10.6 Å². The summed E-state index contributed by atoms with van der Waals surface area (Å²) < 4.78 is 0. The number of ketones is 2. The second-order valence-corrected chi connectivity index (χ2v) is 10.7. The fourth-order valence-electron chi connectivity index (χ4n) is 5.28. The number of aryl methyl sites for hydroxylation is 3. The van der Waals surface area contributed by atoms with Crippen molar-refractivity contribution in [2.24, 2.45) is 0 Å². The first-order chi connectivity index (χ1) is 21.1. The number of carbonyl (C=O) groups excluding carboxylic acids is 5. The van der Waals surface area contributed by atoms with Crippen LogP contribution in [0.3, 0.4) is 0 Å². The van der Waals surface area contributed by atoms with Crippen LogP contribution in [0.2, 0.25) is 0 Å². The van der Waals surface area contributed by atoms with Crippen LogP contribution in [0.1, 0.15) is 37.4 Å². The maximum absolute atomic E-state index is 14.2. The molecule has 9 nitrogen and oxygen atoms in total. The number of benzene rings is 4. The highest BCUT2D eigenvalue weighted by Gasteiger charge is 2.42. The molecule has 1 heterocycles. The molecule has 9 heteroatoms. The van der Waals surface area contributed by atoms with Crippen LogP contribution in [0.5, 0.6) is 0 Å². The lowest BCUT2D eigenvalue weighted by atomic mass is 10.0. The van der Waals surface area contributed by atoms with E-state index >= 15 is 0 Å². The number of carbonyl (C=O) groups is 5. The second kappa shape index (κ2) is 12.7. The first kappa shape index (κ1) is 29.9. The van der Waals surface area contributed by atoms with Crippen molar-refractivity contribution in [3.05, 3.63) is 125 Å². The van der Waals surface area contributed by atoms with Crippen LogP contribution in [0.25, 0.3) is 0 Å². The molecular formula is C35H32N4O5. The number of fused-ring (bicyclic) bond motifs is 1. The predicted molar refractivity (Wildman–Crippen MR) is 169 cm³/mol. The molecule has 1 aliphatic rings. The van der Waals surface area contributed by atoms with Crippen molar-refractivity contribution in [3.8, 4) is 0 Å². The Hall–Kier alpha value is -5.57. The van der Waals surface area contributed by atoms with E-state index < -0.39 is 23.9 Å². The number of hydrogen-bond donors (Lipinski definition) is 2. The minimum atomic E-state index is -1.72. The Labute approximate surface area is 255 Å². The molecule has 0 aliphatic carbocycles. The maximum atomic E-state index is 14.2. The third-order valence-corrected chi connectivity index (χ3v) is 7.54. The molecule has 4 aromatic rings. The topological polar surface area (TPSA) is 116 Å². The smallest absolute Gasteiger partial charge is 0.318 e. The molecule has 5 rings (SSSR count). The lowest BCUT2D eigenvalue weighted by molar-refractivity contribution is -0.128. The molecule has 0 fully saturated rings. The fraction of sp³-hybridized carbons (Fsp3) is 0.171. The number of hydrogen-bond acceptors (Lipinski definition) is 5. The van der Waals surface area contributed by atoms with E-state index in [1.54, 1.807) is 92.7 Å². The average Bonchev–Trinajstić information content (AvgIpc) is 3.07. The number of anilines is 3. The summed E-state index contributed by atoms with van der Waals surface area (Å²) in [5.41, 5.74) is 4.26. The van der Waals surface area contributed by atoms with Gasteiger partial charge in [-0.3, -0.25) is 19.2 Å². The van der Waals surface area contributed by atoms with Crippen molar-refractivity contribution in [2.45, 2.75) is 26.8 Å². The molecule has 0 spiro atoms. The van der Waals surface area contributed by atoms with E-state index in [4.69, 9.17) is 0 Å². The van der Waals surface area contributed by atoms with Gasteiger partial charge in [-0.1, -0.05) is 72.8 Å². The molecule has 0 atom stereocenters. The normalized spacial score (nSPS) is 13.2. The highest BCUT2D eigenvalue weighted by molar-refractivity contribution is 6.24. The molecular weight excluding hydrogens is 556 g/mol. The summed E-state index contributed by atoms with van der Waals surface area (Å²) in [5.74, 6) is -2.28. The van der Waals surface area contributed by atoms with Gasteiger partial charge in [0.1, 0.15) is 0 Å². The first-order valence-electron chi connectivity index (χ1n) is 14.2. The molecule has 0 saturated heterocycles.